The van der Waals surface area contributed by atoms with Crippen LogP contribution in [0.1, 0.15) is 0 Å². The van der Waals surface area contributed by atoms with E-state index in [1.807, 2.05) is 0 Å². The Morgan fingerprint density at radius 2 is 2.17 bits per heavy atom. The number of carbonyl (C=O) groups is 2. The number of hydroxylamine groups is 1. The first-order chi connectivity index (χ1) is 5.54. The van der Waals surface area contributed by atoms with Crippen LogP contribution < -0.4 is 11.2 Å². The minimum absolute atomic E-state index is 0.0530. The molecule has 4 N–H and O–H groups in total. The highest BCUT2D eigenvalue weighted by Gasteiger charge is 2.02. The molecule has 0 aromatic carbocycles. The highest BCUT2D eigenvalue weighted by molar-refractivity contribution is 5.86. The van der Waals surface area contributed by atoms with E-state index < -0.39 is 11.9 Å². The predicted octanol–water partition coefficient (Wildman–Crippen LogP) is -1.37. The van der Waals surface area contributed by atoms with Crippen molar-refractivity contribution in [3.63, 3.8) is 0 Å². The van der Waals surface area contributed by atoms with Gasteiger partial charge in [-0.05, 0) is 0 Å². The fraction of sp³-hybridized carbons (Fsp3) is 0.333. The van der Waals surface area contributed by atoms with E-state index in [0.29, 0.717) is 0 Å². The van der Waals surface area contributed by atoms with Gasteiger partial charge >= 0.3 is 5.97 Å². The second kappa shape index (κ2) is 5.28. The summed E-state index contributed by atoms with van der Waals surface area (Å²) in [5, 5.41) is 8.30. The van der Waals surface area contributed by atoms with Gasteiger partial charge in [0.1, 0.15) is 6.61 Å². The molecule has 1 amide bonds. The smallest absolute Gasteiger partial charge is 0.332 e. The lowest BCUT2D eigenvalue weighted by Crippen LogP contribution is -2.27. The summed E-state index contributed by atoms with van der Waals surface area (Å²) in [5.74, 6) is -1.76. The number of hydrogen-bond donors (Lipinski definition) is 3. The van der Waals surface area contributed by atoms with Gasteiger partial charge in [0.15, 0.2) is 0 Å². The van der Waals surface area contributed by atoms with Crippen molar-refractivity contribution in [2.45, 2.75) is 0 Å². The molecule has 0 saturated carbocycles. The van der Waals surface area contributed by atoms with Crippen LogP contribution in [0.2, 0.25) is 0 Å². The number of nitrogens with two attached hydrogens (primary N) is 1. The van der Waals surface area contributed by atoms with Gasteiger partial charge in [0.25, 0.3) is 0 Å². The molecule has 0 fully saturated rings. The van der Waals surface area contributed by atoms with Crippen molar-refractivity contribution in [1.82, 2.24) is 5.48 Å². The first kappa shape index (κ1) is 10.6. The van der Waals surface area contributed by atoms with Gasteiger partial charge < -0.3 is 10.8 Å². The van der Waals surface area contributed by atoms with Crippen LogP contribution in [0.25, 0.3) is 0 Å². The van der Waals surface area contributed by atoms with Crippen LogP contribution in [0.3, 0.4) is 0 Å². The van der Waals surface area contributed by atoms with E-state index in [0.717, 1.165) is 0 Å². The van der Waals surface area contributed by atoms with E-state index in [-0.39, 0.29) is 18.7 Å². The van der Waals surface area contributed by atoms with Gasteiger partial charge in [-0.2, -0.15) is 5.48 Å². The quantitative estimate of drug-likeness (QED) is 0.262. The zero-order chi connectivity index (χ0) is 9.56. The molecule has 0 bridgehead atoms. The maximum Gasteiger partial charge on any atom is 0.332 e. The third kappa shape index (κ3) is 5.39. The fourth-order valence-corrected chi connectivity index (χ4v) is 0.336. The maximum atomic E-state index is 10.1. The standard InChI is InChI=1S/C6H10N2O4/c1-4(6(10)11)2-8-12-3-5(7)9/h8H,1-3H2,(H2,7,9)(H,10,11). The van der Waals surface area contributed by atoms with E-state index in [4.69, 9.17) is 10.8 Å². The molecule has 6 heteroatoms. The van der Waals surface area contributed by atoms with Crippen LogP contribution in [0.15, 0.2) is 12.2 Å². The molecular formula is C6H10N2O4. The van der Waals surface area contributed by atoms with Gasteiger partial charge in [0.2, 0.25) is 5.91 Å². The molecule has 12 heavy (non-hydrogen) atoms. The van der Waals surface area contributed by atoms with Crippen molar-refractivity contribution in [3.05, 3.63) is 12.2 Å². The molecule has 0 saturated heterocycles. The van der Waals surface area contributed by atoms with E-state index in [1.54, 1.807) is 0 Å². The molecule has 0 radical (unpaired) electrons. The van der Waals surface area contributed by atoms with Gasteiger partial charge in [-0.15, -0.1) is 0 Å². The zero-order valence-corrected chi connectivity index (χ0v) is 6.37. The van der Waals surface area contributed by atoms with Gasteiger partial charge in [0.05, 0.1) is 6.54 Å². The maximum absolute atomic E-state index is 10.1. The second-order valence-electron chi connectivity index (χ2n) is 1.98. The summed E-state index contributed by atoms with van der Waals surface area (Å²) in [7, 11) is 0. The summed E-state index contributed by atoms with van der Waals surface area (Å²) in [5.41, 5.74) is 6.89. The van der Waals surface area contributed by atoms with Crippen molar-refractivity contribution < 1.29 is 19.5 Å². The Labute approximate surface area is 68.9 Å². The second-order valence-corrected chi connectivity index (χ2v) is 1.98. The minimum Gasteiger partial charge on any atom is -0.478 e. The summed E-state index contributed by atoms with van der Waals surface area (Å²) in [6, 6.07) is 0. The lowest BCUT2D eigenvalue weighted by molar-refractivity contribution is -0.133. The highest BCUT2D eigenvalue weighted by atomic mass is 16.6. The Hall–Kier alpha value is -1.40. The number of hydrogen-bond acceptors (Lipinski definition) is 4. The molecule has 0 aliphatic heterocycles. The molecule has 6 nitrogen and oxygen atoms in total. The molecule has 0 atom stereocenters. The summed E-state index contributed by atoms with van der Waals surface area (Å²) >= 11 is 0. The SMILES string of the molecule is C=C(CNOCC(N)=O)C(=O)O. The van der Waals surface area contributed by atoms with Crippen LogP contribution in [-0.4, -0.2) is 30.1 Å². The summed E-state index contributed by atoms with van der Waals surface area (Å²) < 4.78 is 0. The lowest BCUT2D eigenvalue weighted by atomic mass is 10.3. The number of aliphatic carboxylic acids is 1. The molecule has 0 rings (SSSR count). The van der Waals surface area contributed by atoms with Crippen LogP contribution in [-0.2, 0) is 14.4 Å². The Morgan fingerprint density at radius 3 is 2.58 bits per heavy atom. The molecule has 0 aliphatic rings. The van der Waals surface area contributed by atoms with Crippen molar-refractivity contribution in [3.8, 4) is 0 Å². The van der Waals surface area contributed by atoms with Crippen LogP contribution in [0.4, 0.5) is 0 Å². The van der Waals surface area contributed by atoms with E-state index in [1.165, 1.54) is 0 Å². The monoisotopic (exact) mass is 174 g/mol. The van der Waals surface area contributed by atoms with Gasteiger partial charge in [0, 0.05) is 5.57 Å². The van der Waals surface area contributed by atoms with E-state index in [9.17, 15) is 9.59 Å². The fourth-order valence-electron chi connectivity index (χ4n) is 0.336. The first-order valence-electron chi connectivity index (χ1n) is 3.08. The third-order valence-corrected chi connectivity index (χ3v) is 0.904. The third-order valence-electron chi connectivity index (χ3n) is 0.904. The van der Waals surface area contributed by atoms with Gasteiger partial charge in [-0.3, -0.25) is 9.63 Å². The molecule has 0 heterocycles. The Kier molecular flexibility index (Phi) is 4.66. The van der Waals surface area contributed by atoms with E-state index in [2.05, 4.69) is 16.9 Å². The molecular weight excluding hydrogens is 164 g/mol. The van der Waals surface area contributed by atoms with Gasteiger partial charge in [-0.1, -0.05) is 6.58 Å². The summed E-state index contributed by atoms with van der Waals surface area (Å²) in [6.07, 6.45) is 0. The van der Waals surface area contributed by atoms with Crippen LogP contribution in [0, 0.1) is 0 Å². The molecule has 68 valence electrons. The number of nitrogens with one attached hydrogen (secondary N) is 1. The molecule has 0 aliphatic carbocycles. The molecule has 0 unspecified atom stereocenters. The number of carbonyl (C=O) groups excluding carboxylic acids is 1. The number of carboxylic acid groups (broad SMARTS) is 1. The van der Waals surface area contributed by atoms with Crippen LogP contribution >= 0.6 is 0 Å². The average Bonchev–Trinajstić information content (AvgIpc) is 1.97. The van der Waals surface area contributed by atoms with Crippen LogP contribution in [0.5, 0.6) is 0 Å². The molecule has 0 aromatic rings. The predicted molar refractivity (Wildman–Crippen MR) is 39.9 cm³/mol. The number of primary amides is 1. The lowest BCUT2D eigenvalue weighted by Gasteiger charge is -2.02. The van der Waals surface area contributed by atoms with Crippen molar-refractivity contribution >= 4 is 11.9 Å². The van der Waals surface area contributed by atoms with Crippen molar-refractivity contribution in [1.29, 1.82) is 0 Å². The number of carboxylic acids is 1. The van der Waals surface area contributed by atoms with Crippen molar-refractivity contribution in [2.24, 2.45) is 5.73 Å². The topological polar surface area (TPSA) is 102 Å². The average molecular weight is 174 g/mol. The highest BCUT2D eigenvalue weighted by Crippen LogP contribution is 1.85. The zero-order valence-electron chi connectivity index (χ0n) is 6.37. The first-order valence-corrected chi connectivity index (χ1v) is 3.08. The van der Waals surface area contributed by atoms with Gasteiger partial charge in [-0.25, -0.2) is 4.79 Å². The normalized spacial score (nSPS) is 9.33. The number of rotatable bonds is 6. The Balaban J connectivity index is 3.38. The summed E-state index contributed by atoms with van der Waals surface area (Å²) in [6.45, 7) is 2.86. The van der Waals surface area contributed by atoms with E-state index >= 15 is 0 Å². The molecule has 0 spiro atoms. The van der Waals surface area contributed by atoms with Crippen molar-refractivity contribution in [2.75, 3.05) is 13.2 Å². The minimum atomic E-state index is -1.12. The number of amides is 1. The Bertz CT molecular complexity index is 202. The molecule has 0 aromatic heterocycles. The Morgan fingerprint density at radius 1 is 1.58 bits per heavy atom. The summed E-state index contributed by atoms with van der Waals surface area (Å²) in [4.78, 5) is 24.7. The largest absolute Gasteiger partial charge is 0.478 e.